The van der Waals surface area contributed by atoms with Crippen LogP contribution in [-0.4, -0.2) is 35.9 Å². The predicted molar refractivity (Wildman–Crippen MR) is 98.6 cm³/mol. The van der Waals surface area contributed by atoms with Crippen LogP contribution in [0.2, 0.25) is 0 Å². The zero-order valence-corrected chi connectivity index (χ0v) is 14.8. The van der Waals surface area contributed by atoms with Gasteiger partial charge < -0.3 is 14.6 Å². The Hall–Kier alpha value is -3.62. The summed E-state index contributed by atoms with van der Waals surface area (Å²) in [6.07, 6.45) is 1.98. The molecule has 9 heteroatoms. The maximum Gasteiger partial charge on any atom is 0.315 e. The maximum atomic E-state index is 12.1. The van der Waals surface area contributed by atoms with Crippen LogP contribution in [0.25, 0.3) is 0 Å². The molecule has 0 radical (unpaired) electrons. The van der Waals surface area contributed by atoms with Crippen molar-refractivity contribution in [3.63, 3.8) is 0 Å². The lowest BCUT2D eigenvalue weighted by molar-refractivity contribution is -0.385. The first-order valence-corrected chi connectivity index (χ1v) is 8.08. The summed E-state index contributed by atoms with van der Waals surface area (Å²) < 4.78 is 10.4. The Labute approximate surface area is 155 Å². The van der Waals surface area contributed by atoms with Crippen LogP contribution in [0, 0.1) is 10.1 Å². The first-order valence-electron chi connectivity index (χ1n) is 8.08. The zero-order valence-electron chi connectivity index (χ0n) is 14.8. The highest BCUT2D eigenvalue weighted by atomic mass is 16.6. The molecule has 1 amide bonds. The number of nitrogens with one attached hydrogen (secondary N) is 1. The van der Waals surface area contributed by atoms with Crippen LogP contribution < -0.4 is 14.9 Å². The zero-order chi connectivity index (χ0) is 19.8. The van der Waals surface area contributed by atoms with E-state index in [1.807, 2.05) is 6.92 Å². The highest BCUT2D eigenvalue weighted by molar-refractivity contribution is 5.95. The number of phenols is 1. The average Bonchev–Trinajstić information content (AvgIpc) is 2.67. The van der Waals surface area contributed by atoms with E-state index >= 15 is 0 Å². The van der Waals surface area contributed by atoms with E-state index in [0.29, 0.717) is 17.9 Å². The van der Waals surface area contributed by atoms with Crippen LogP contribution in [-0.2, 0) is 0 Å². The first kappa shape index (κ1) is 19.7. The smallest absolute Gasteiger partial charge is 0.315 e. The number of hydrazone groups is 1. The number of hydrogen-bond donors (Lipinski definition) is 2. The predicted octanol–water partition coefficient (Wildman–Crippen LogP) is 2.86. The van der Waals surface area contributed by atoms with Crippen molar-refractivity contribution in [1.29, 1.82) is 0 Å². The molecule has 0 atom stereocenters. The van der Waals surface area contributed by atoms with Crippen LogP contribution in [0.15, 0.2) is 41.5 Å². The summed E-state index contributed by atoms with van der Waals surface area (Å²) in [6.45, 7) is 2.58. The minimum atomic E-state index is -0.740. The molecule has 2 rings (SSSR count). The highest BCUT2D eigenvalue weighted by Crippen LogP contribution is 2.33. The number of aromatic hydroxyl groups is 1. The lowest BCUT2D eigenvalue weighted by Gasteiger charge is -2.06. The van der Waals surface area contributed by atoms with E-state index in [-0.39, 0.29) is 11.3 Å². The standard InChI is InChI=1S/C18H19N3O6/c1-3-8-27-14-6-4-12(5-7-14)18(23)20-19-11-13-9-15(26-2)10-16(17(13)22)21(24)25/h4-7,9-11,22H,3,8H2,1-2H3,(H,20,23)/b19-11+. The molecule has 142 valence electrons. The highest BCUT2D eigenvalue weighted by Gasteiger charge is 2.18. The molecule has 0 aliphatic heterocycles. The molecule has 0 aliphatic rings. The Morgan fingerprint density at radius 2 is 2.00 bits per heavy atom. The van der Waals surface area contributed by atoms with Crippen molar-refractivity contribution in [3.8, 4) is 17.2 Å². The van der Waals surface area contributed by atoms with E-state index in [2.05, 4.69) is 10.5 Å². The van der Waals surface area contributed by atoms with Gasteiger partial charge in [0, 0.05) is 11.1 Å². The van der Waals surface area contributed by atoms with E-state index in [0.717, 1.165) is 18.7 Å². The van der Waals surface area contributed by atoms with E-state index in [4.69, 9.17) is 9.47 Å². The molecule has 9 nitrogen and oxygen atoms in total. The molecule has 2 aromatic carbocycles. The van der Waals surface area contributed by atoms with Crippen molar-refractivity contribution in [2.45, 2.75) is 13.3 Å². The molecule has 27 heavy (non-hydrogen) atoms. The number of hydrogen-bond acceptors (Lipinski definition) is 7. The molecule has 0 heterocycles. The molecule has 0 saturated heterocycles. The van der Waals surface area contributed by atoms with Gasteiger partial charge in [0.25, 0.3) is 5.91 Å². The number of carbonyl (C=O) groups excluding carboxylic acids is 1. The van der Waals surface area contributed by atoms with Crippen molar-refractivity contribution >= 4 is 17.8 Å². The number of carbonyl (C=O) groups is 1. The van der Waals surface area contributed by atoms with Crippen molar-refractivity contribution < 1.29 is 24.3 Å². The second-order valence-corrected chi connectivity index (χ2v) is 5.41. The number of nitro groups is 1. The summed E-state index contributed by atoms with van der Waals surface area (Å²) in [5, 5.41) is 24.6. The molecule has 0 aliphatic carbocycles. The third-order valence-electron chi connectivity index (χ3n) is 3.48. The summed E-state index contributed by atoms with van der Waals surface area (Å²) in [5.41, 5.74) is 2.16. The van der Waals surface area contributed by atoms with Gasteiger partial charge in [-0.2, -0.15) is 5.10 Å². The Balaban J connectivity index is 2.09. The minimum Gasteiger partial charge on any atom is -0.502 e. The van der Waals surface area contributed by atoms with Gasteiger partial charge in [0.15, 0.2) is 0 Å². The van der Waals surface area contributed by atoms with E-state index in [9.17, 15) is 20.0 Å². The van der Waals surface area contributed by atoms with Crippen molar-refractivity contribution in [3.05, 3.63) is 57.6 Å². The lowest BCUT2D eigenvalue weighted by atomic mass is 10.1. The number of methoxy groups -OCH3 is 1. The summed E-state index contributed by atoms with van der Waals surface area (Å²) in [4.78, 5) is 22.3. The van der Waals surface area contributed by atoms with Crippen LogP contribution in [0.4, 0.5) is 5.69 Å². The molecule has 0 saturated carbocycles. The molecule has 2 N–H and O–H groups in total. The third-order valence-corrected chi connectivity index (χ3v) is 3.48. The number of benzene rings is 2. The number of ether oxygens (including phenoxy) is 2. The van der Waals surface area contributed by atoms with Gasteiger partial charge in [0.2, 0.25) is 5.75 Å². The third kappa shape index (κ3) is 5.18. The number of nitro benzene ring substituents is 1. The molecular weight excluding hydrogens is 354 g/mol. The average molecular weight is 373 g/mol. The van der Waals surface area contributed by atoms with Gasteiger partial charge in [-0.15, -0.1) is 0 Å². The fraction of sp³-hybridized carbons (Fsp3) is 0.222. The summed E-state index contributed by atoms with van der Waals surface area (Å²) in [6, 6.07) is 8.97. The minimum absolute atomic E-state index is 0.0321. The molecule has 0 aromatic heterocycles. The van der Waals surface area contributed by atoms with Crippen molar-refractivity contribution in [1.82, 2.24) is 5.43 Å². The molecule has 0 fully saturated rings. The van der Waals surface area contributed by atoms with Gasteiger partial charge in [-0.05, 0) is 36.8 Å². The normalized spacial score (nSPS) is 10.6. The van der Waals surface area contributed by atoms with Gasteiger partial charge in [-0.1, -0.05) is 6.92 Å². The Bertz CT molecular complexity index is 849. The molecule has 0 unspecified atom stereocenters. The molecule has 0 bridgehead atoms. The van der Waals surface area contributed by atoms with E-state index in [1.54, 1.807) is 24.3 Å². The van der Waals surface area contributed by atoms with Crippen LogP contribution in [0.3, 0.4) is 0 Å². The quantitative estimate of drug-likeness (QED) is 0.417. The molecule has 2 aromatic rings. The monoisotopic (exact) mass is 373 g/mol. The van der Waals surface area contributed by atoms with E-state index < -0.39 is 22.3 Å². The summed E-state index contributed by atoms with van der Waals surface area (Å²) >= 11 is 0. The number of amides is 1. The van der Waals surface area contributed by atoms with Crippen molar-refractivity contribution in [2.75, 3.05) is 13.7 Å². The largest absolute Gasteiger partial charge is 0.502 e. The van der Waals surface area contributed by atoms with Crippen LogP contribution in [0.5, 0.6) is 17.2 Å². The number of rotatable bonds is 8. The fourth-order valence-corrected chi connectivity index (χ4v) is 2.12. The topological polar surface area (TPSA) is 123 Å². The van der Waals surface area contributed by atoms with Crippen LogP contribution in [0.1, 0.15) is 29.3 Å². The first-order chi connectivity index (χ1) is 13.0. The summed E-state index contributed by atoms with van der Waals surface area (Å²) in [7, 11) is 1.34. The Morgan fingerprint density at radius 3 is 2.59 bits per heavy atom. The van der Waals surface area contributed by atoms with E-state index in [1.165, 1.54) is 13.2 Å². The van der Waals surface area contributed by atoms with Gasteiger partial charge in [-0.3, -0.25) is 14.9 Å². The maximum absolute atomic E-state index is 12.1. The van der Waals surface area contributed by atoms with Gasteiger partial charge in [-0.25, -0.2) is 5.43 Å². The summed E-state index contributed by atoms with van der Waals surface area (Å²) in [5.74, 6) is -0.220. The number of nitrogens with zero attached hydrogens (tertiary/aromatic N) is 2. The van der Waals surface area contributed by atoms with Crippen molar-refractivity contribution in [2.24, 2.45) is 5.10 Å². The second-order valence-electron chi connectivity index (χ2n) is 5.41. The fourth-order valence-electron chi connectivity index (χ4n) is 2.12. The van der Waals surface area contributed by atoms with Crippen LogP contribution >= 0.6 is 0 Å². The second kappa shape index (κ2) is 9.18. The molecular formula is C18H19N3O6. The van der Waals surface area contributed by atoms with Gasteiger partial charge in [0.1, 0.15) is 11.5 Å². The SMILES string of the molecule is CCCOc1ccc(C(=O)N/N=C/c2cc(OC)cc([N+](=O)[O-])c2O)cc1. The van der Waals surface area contributed by atoms with Gasteiger partial charge in [0.05, 0.1) is 30.9 Å². The molecule has 0 spiro atoms. The lowest BCUT2D eigenvalue weighted by Crippen LogP contribution is -2.17. The Morgan fingerprint density at radius 1 is 1.30 bits per heavy atom. The number of phenolic OH excluding ortho intramolecular Hbond substituents is 1. The Kier molecular flexibility index (Phi) is 6.70. The van der Waals surface area contributed by atoms with Gasteiger partial charge >= 0.3 is 5.69 Å².